The van der Waals surface area contributed by atoms with Crippen LogP contribution in [0.2, 0.25) is 0 Å². The lowest BCUT2D eigenvalue weighted by Crippen LogP contribution is -2.29. The first-order valence-electron chi connectivity index (χ1n) is 4.79. The molecule has 0 amide bonds. The molecule has 1 aliphatic rings. The molecule has 0 saturated heterocycles. The van der Waals surface area contributed by atoms with Crippen LogP contribution in [0.5, 0.6) is 11.5 Å². The average Bonchev–Trinajstić information content (AvgIpc) is 2.48. The molecule has 0 fully saturated rings. The summed E-state index contributed by atoms with van der Waals surface area (Å²) >= 11 is 3.14. The molecule has 0 aliphatic carbocycles. The fourth-order valence-corrected chi connectivity index (χ4v) is 2.04. The van der Waals surface area contributed by atoms with E-state index >= 15 is 0 Å². The highest BCUT2D eigenvalue weighted by Crippen LogP contribution is 2.42. The Morgan fingerprint density at radius 1 is 1.24 bits per heavy atom. The summed E-state index contributed by atoms with van der Waals surface area (Å²) in [6.07, 6.45) is 0. The molecule has 1 N–H and O–H groups in total. The van der Waals surface area contributed by atoms with Gasteiger partial charge >= 0.3 is 5.97 Å². The van der Waals surface area contributed by atoms with E-state index in [4.69, 9.17) is 14.6 Å². The van der Waals surface area contributed by atoms with E-state index in [1.165, 1.54) is 12.1 Å². The summed E-state index contributed by atoms with van der Waals surface area (Å²) in [6, 6.07) is 2.89. The van der Waals surface area contributed by atoms with Crippen molar-refractivity contribution in [3.63, 3.8) is 0 Å². The SMILES string of the molecule is CC1(C)Oc2cc(Br)c(C(=O)C(=O)O)cc2O1. The first kappa shape index (κ1) is 11.9. The molecule has 0 bridgehead atoms. The van der Waals surface area contributed by atoms with Gasteiger partial charge < -0.3 is 14.6 Å². The molecule has 17 heavy (non-hydrogen) atoms. The van der Waals surface area contributed by atoms with Crippen molar-refractivity contribution >= 4 is 27.7 Å². The number of fused-ring (bicyclic) bond motifs is 1. The third-order valence-corrected chi connectivity index (χ3v) is 2.84. The van der Waals surface area contributed by atoms with E-state index < -0.39 is 17.5 Å². The molecule has 0 aromatic heterocycles. The number of carbonyl (C=O) groups excluding carboxylic acids is 1. The molecule has 0 radical (unpaired) electrons. The maximum Gasteiger partial charge on any atom is 0.377 e. The van der Waals surface area contributed by atoms with Gasteiger partial charge in [-0.2, -0.15) is 0 Å². The number of hydrogen-bond acceptors (Lipinski definition) is 4. The third-order valence-electron chi connectivity index (χ3n) is 2.18. The number of carbonyl (C=O) groups is 2. The minimum Gasteiger partial charge on any atom is -0.475 e. The summed E-state index contributed by atoms with van der Waals surface area (Å²) < 4.78 is 11.3. The number of carboxylic acid groups (broad SMARTS) is 1. The van der Waals surface area contributed by atoms with Crippen molar-refractivity contribution in [2.24, 2.45) is 0 Å². The van der Waals surface area contributed by atoms with Crippen LogP contribution in [0.1, 0.15) is 24.2 Å². The van der Waals surface area contributed by atoms with E-state index in [1.54, 1.807) is 13.8 Å². The van der Waals surface area contributed by atoms with Crippen LogP contribution >= 0.6 is 15.9 Å². The van der Waals surface area contributed by atoms with Crippen LogP contribution in [0.15, 0.2) is 16.6 Å². The second-order valence-electron chi connectivity index (χ2n) is 4.02. The Balaban J connectivity index is 2.47. The van der Waals surface area contributed by atoms with E-state index in [0.717, 1.165) is 0 Å². The zero-order valence-corrected chi connectivity index (χ0v) is 10.7. The molecule has 1 aromatic rings. The Morgan fingerprint density at radius 3 is 2.29 bits per heavy atom. The quantitative estimate of drug-likeness (QED) is 0.670. The van der Waals surface area contributed by atoms with Crippen LogP contribution in [-0.2, 0) is 4.79 Å². The fourth-order valence-electron chi connectivity index (χ4n) is 1.53. The normalized spacial score (nSPS) is 15.7. The molecular formula is C11H9BrO5. The summed E-state index contributed by atoms with van der Waals surface area (Å²) in [7, 11) is 0. The zero-order valence-electron chi connectivity index (χ0n) is 9.11. The van der Waals surface area contributed by atoms with Crippen molar-refractivity contribution in [3.05, 3.63) is 22.2 Å². The van der Waals surface area contributed by atoms with Gasteiger partial charge in [-0.25, -0.2) is 4.79 Å². The summed E-state index contributed by atoms with van der Waals surface area (Å²) in [5.74, 6) is -2.48. The second kappa shape index (κ2) is 3.73. The molecule has 0 saturated carbocycles. The topological polar surface area (TPSA) is 72.8 Å². The average molecular weight is 301 g/mol. The highest BCUT2D eigenvalue weighted by atomic mass is 79.9. The highest BCUT2D eigenvalue weighted by Gasteiger charge is 2.33. The monoisotopic (exact) mass is 300 g/mol. The summed E-state index contributed by atoms with van der Waals surface area (Å²) in [6.45, 7) is 3.44. The van der Waals surface area contributed by atoms with Gasteiger partial charge in [0.25, 0.3) is 5.78 Å². The minimum absolute atomic E-state index is 0.0394. The molecule has 6 heteroatoms. The highest BCUT2D eigenvalue weighted by molar-refractivity contribution is 9.10. The Hall–Kier alpha value is -1.56. The molecule has 0 unspecified atom stereocenters. The number of ketones is 1. The number of benzene rings is 1. The van der Waals surface area contributed by atoms with Gasteiger partial charge in [0, 0.05) is 23.9 Å². The lowest BCUT2D eigenvalue weighted by molar-refractivity contribution is -0.131. The Bertz CT molecular complexity index is 521. The largest absolute Gasteiger partial charge is 0.475 e. The first-order valence-corrected chi connectivity index (χ1v) is 5.59. The van der Waals surface area contributed by atoms with E-state index in [2.05, 4.69) is 15.9 Å². The first-order chi connectivity index (χ1) is 7.80. The van der Waals surface area contributed by atoms with Gasteiger partial charge in [0.05, 0.1) is 0 Å². The fraction of sp³-hybridized carbons (Fsp3) is 0.273. The van der Waals surface area contributed by atoms with E-state index in [1.807, 2.05) is 0 Å². The van der Waals surface area contributed by atoms with Crippen molar-refractivity contribution in [2.75, 3.05) is 0 Å². The van der Waals surface area contributed by atoms with Crippen molar-refractivity contribution in [3.8, 4) is 11.5 Å². The standard InChI is InChI=1S/C11H9BrO5/c1-11(2)16-7-3-5(9(13)10(14)15)6(12)4-8(7)17-11/h3-4H,1-2H3,(H,14,15). The van der Waals surface area contributed by atoms with Gasteiger partial charge in [0.2, 0.25) is 5.79 Å². The van der Waals surface area contributed by atoms with Gasteiger partial charge in [0.15, 0.2) is 11.5 Å². The van der Waals surface area contributed by atoms with Crippen LogP contribution < -0.4 is 9.47 Å². The van der Waals surface area contributed by atoms with Gasteiger partial charge in [0.1, 0.15) is 0 Å². The molecule has 1 aromatic carbocycles. The predicted octanol–water partition coefficient (Wildman–Crippen LogP) is 2.22. The lowest BCUT2D eigenvalue weighted by atomic mass is 10.1. The maximum atomic E-state index is 11.4. The van der Waals surface area contributed by atoms with Crippen LogP contribution in [0.4, 0.5) is 0 Å². The molecule has 90 valence electrons. The lowest BCUT2D eigenvalue weighted by Gasteiger charge is -2.16. The smallest absolute Gasteiger partial charge is 0.377 e. The van der Waals surface area contributed by atoms with Crippen molar-refractivity contribution < 1.29 is 24.2 Å². The van der Waals surface area contributed by atoms with E-state index in [-0.39, 0.29) is 5.56 Å². The van der Waals surface area contributed by atoms with Gasteiger partial charge in [-0.1, -0.05) is 0 Å². The summed E-state index contributed by atoms with van der Waals surface area (Å²) in [5, 5.41) is 8.67. The summed E-state index contributed by atoms with van der Waals surface area (Å²) in [5.41, 5.74) is 0.0394. The predicted molar refractivity (Wildman–Crippen MR) is 61.4 cm³/mol. The number of rotatable bonds is 2. The molecule has 5 nitrogen and oxygen atoms in total. The number of carboxylic acids is 1. The van der Waals surface area contributed by atoms with Gasteiger partial charge in [-0.05, 0) is 28.1 Å². The van der Waals surface area contributed by atoms with Crippen LogP contribution in [0, 0.1) is 0 Å². The molecule has 2 rings (SSSR count). The number of halogens is 1. The number of aliphatic carboxylic acids is 1. The summed E-state index contributed by atoms with van der Waals surface area (Å²) in [4.78, 5) is 22.0. The zero-order chi connectivity index (χ0) is 12.8. The number of Topliss-reactive ketones (excluding diaryl/α,β-unsaturated/α-hetero) is 1. The van der Waals surface area contributed by atoms with E-state index in [9.17, 15) is 9.59 Å². The van der Waals surface area contributed by atoms with Crippen molar-refractivity contribution in [1.82, 2.24) is 0 Å². The molecule has 0 atom stereocenters. The molecule has 1 aliphatic heterocycles. The van der Waals surface area contributed by atoms with Crippen LogP contribution in [-0.4, -0.2) is 22.6 Å². The third kappa shape index (κ3) is 2.12. The van der Waals surface area contributed by atoms with Gasteiger partial charge in [-0.3, -0.25) is 4.79 Å². The molecule has 1 heterocycles. The second-order valence-corrected chi connectivity index (χ2v) is 4.87. The van der Waals surface area contributed by atoms with Crippen molar-refractivity contribution in [1.29, 1.82) is 0 Å². The maximum absolute atomic E-state index is 11.4. The number of ether oxygens (including phenoxy) is 2. The molecule has 0 spiro atoms. The minimum atomic E-state index is -1.51. The van der Waals surface area contributed by atoms with Gasteiger partial charge in [-0.15, -0.1) is 0 Å². The Morgan fingerprint density at radius 2 is 1.76 bits per heavy atom. The Kier molecular flexibility index (Phi) is 2.61. The van der Waals surface area contributed by atoms with Crippen molar-refractivity contribution in [2.45, 2.75) is 19.6 Å². The van der Waals surface area contributed by atoms with Crippen LogP contribution in [0.25, 0.3) is 0 Å². The number of hydrogen-bond donors (Lipinski definition) is 1. The Labute approximate surface area is 105 Å². The van der Waals surface area contributed by atoms with Crippen LogP contribution in [0.3, 0.4) is 0 Å². The van der Waals surface area contributed by atoms with E-state index in [0.29, 0.717) is 16.0 Å². The molecular weight excluding hydrogens is 292 g/mol.